The fourth-order valence-electron chi connectivity index (χ4n) is 3.21. The molecule has 7 nitrogen and oxygen atoms in total. The lowest BCUT2D eigenvalue weighted by molar-refractivity contribution is -0.144. The smallest absolute Gasteiger partial charge is 0.172 e. The quantitative estimate of drug-likeness (QED) is 0.890. The maximum Gasteiger partial charge on any atom is 0.172 e. The topological polar surface area (TPSA) is 68.7 Å². The molecule has 25 heavy (non-hydrogen) atoms. The van der Waals surface area contributed by atoms with Gasteiger partial charge in [0.2, 0.25) is 0 Å². The Hall–Kier alpha value is -1.96. The molecule has 0 atom stereocenters. The second-order valence-corrected chi connectivity index (χ2v) is 6.49. The largest absolute Gasteiger partial charge is 0.378 e. The standard InChI is InChI=1S/C18H24N4O3/c1-18(24-12-13-25-18)6-7-19-16-17(22-8-10-23-11-9-22)21-15-5-3-2-4-14(15)20-16/h2-5H,6-13H2,1H3,(H,19,20). The van der Waals surface area contributed by atoms with Gasteiger partial charge in [-0.05, 0) is 19.1 Å². The van der Waals surface area contributed by atoms with Crippen LogP contribution in [-0.2, 0) is 14.2 Å². The van der Waals surface area contributed by atoms with Gasteiger partial charge in [-0.25, -0.2) is 9.97 Å². The third-order valence-electron chi connectivity index (χ3n) is 4.63. The molecule has 0 bridgehead atoms. The first-order valence-electron chi connectivity index (χ1n) is 8.85. The number of hydrogen-bond donors (Lipinski definition) is 1. The number of rotatable bonds is 5. The van der Waals surface area contributed by atoms with E-state index in [0.29, 0.717) is 33.0 Å². The summed E-state index contributed by atoms with van der Waals surface area (Å²) in [4.78, 5) is 11.9. The number of hydrogen-bond acceptors (Lipinski definition) is 7. The lowest BCUT2D eigenvalue weighted by atomic mass is 10.2. The number of morpholine rings is 1. The van der Waals surface area contributed by atoms with Gasteiger partial charge in [0.1, 0.15) is 0 Å². The predicted octanol–water partition coefficient (Wildman–Crippen LogP) is 2.03. The van der Waals surface area contributed by atoms with Crippen LogP contribution in [0.2, 0.25) is 0 Å². The molecule has 1 aromatic carbocycles. The van der Waals surface area contributed by atoms with Crippen molar-refractivity contribution < 1.29 is 14.2 Å². The van der Waals surface area contributed by atoms with Crippen LogP contribution in [0.15, 0.2) is 24.3 Å². The highest BCUT2D eigenvalue weighted by atomic mass is 16.7. The van der Waals surface area contributed by atoms with Crippen LogP contribution in [-0.4, -0.2) is 61.8 Å². The van der Waals surface area contributed by atoms with E-state index in [1.807, 2.05) is 31.2 Å². The van der Waals surface area contributed by atoms with Crippen molar-refractivity contribution in [1.82, 2.24) is 9.97 Å². The van der Waals surface area contributed by atoms with Crippen LogP contribution in [0.1, 0.15) is 13.3 Å². The Labute approximate surface area is 147 Å². The van der Waals surface area contributed by atoms with E-state index in [2.05, 4.69) is 10.2 Å². The number of nitrogens with one attached hydrogen (secondary N) is 1. The maximum absolute atomic E-state index is 5.67. The first-order chi connectivity index (χ1) is 12.2. The van der Waals surface area contributed by atoms with Crippen molar-refractivity contribution in [3.8, 4) is 0 Å². The minimum absolute atomic E-state index is 0.504. The van der Waals surface area contributed by atoms with Crippen molar-refractivity contribution in [3.05, 3.63) is 24.3 Å². The molecule has 0 unspecified atom stereocenters. The summed E-state index contributed by atoms with van der Waals surface area (Å²) in [5.41, 5.74) is 1.80. The summed E-state index contributed by atoms with van der Waals surface area (Å²) < 4.78 is 16.8. The number of para-hydroxylation sites is 2. The zero-order chi connectivity index (χ0) is 17.1. The molecule has 1 N–H and O–H groups in total. The number of aromatic nitrogens is 2. The third kappa shape index (κ3) is 3.68. The van der Waals surface area contributed by atoms with Crippen LogP contribution in [0.3, 0.4) is 0 Å². The van der Waals surface area contributed by atoms with Gasteiger partial charge in [-0.15, -0.1) is 0 Å². The molecule has 2 aromatic rings. The van der Waals surface area contributed by atoms with E-state index < -0.39 is 5.79 Å². The van der Waals surface area contributed by atoms with Gasteiger partial charge in [0.05, 0.1) is 37.5 Å². The lowest BCUT2D eigenvalue weighted by Gasteiger charge is -2.29. The van der Waals surface area contributed by atoms with Crippen molar-refractivity contribution in [1.29, 1.82) is 0 Å². The van der Waals surface area contributed by atoms with Crippen LogP contribution in [0.5, 0.6) is 0 Å². The predicted molar refractivity (Wildman–Crippen MR) is 96.0 cm³/mol. The van der Waals surface area contributed by atoms with Gasteiger partial charge in [0.25, 0.3) is 0 Å². The summed E-state index contributed by atoms with van der Waals surface area (Å²) in [5.74, 6) is 1.19. The Balaban J connectivity index is 1.56. The van der Waals surface area contributed by atoms with Crippen LogP contribution in [0, 0.1) is 0 Å². The van der Waals surface area contributed by atoms with Gasteiger partial charge in [-0.2, -0.15) is 0 Å². The van der Waals surface area contributed by atoms with Crippen LogP contribution in [0.25, 0.3) is 11.0 Å². The normalized spacial score (nSPS) is 20.1. The molecule has 2 saturated heterocycles. The number of fused-ring (bicyclic) bond motifs is 1. The Bertz CT molecular complexity index is 727. The molecular weight excluding hydrogens is 320 g/mol. The van der Waals surface area contributed by atoms with Crippen LogP contribution < -0.4 is 10.2 Å². The molecule has 4 rings (SSSR count). The van der Waals surface area contributed by atoms with Gasteiger partial charge in [-0.1, -0.05) is 12.1 Å². The Kier molecular flexibility index (Phi) is 4.70. The molecule has 134 valence electrons. The highest BCUT2D eigenvalue weighted by Crippen LogP contribution is 2.27. The van der Waals surface area contributed by atoms with Crippen LogP contribution in [0.4, 0.5) is 11.6 Å². The second kappa shape index (κ2) is 7.11. The summed E-state index contributed by atoms with van der Waals surface area (Å²) in [6, 6.07) is 7.96. The molecule has 0 saturated carbocycles. The summed E-state index contributed by atoms with van der Waals surface area (Å²) in [7, 11) is 0. The van der Waals surface area contributed by atoms with Gasteiger partial charge in [0, 0.05) is 26.1 Å². The van der Waals surface area contributed by atoms with E-state index in [-0.39, 0.29) is 0 Å². The SMILES string of the molecule is CC1(CCNc2nc3ccccc3nc2N2CCOCC2)OCCO1. The molecule has 7 heteroatoms. The van der Waals surface area contributed by atoms with Crippen molar-refractivity contribution >= 4 is 22.7 Å². The van der Waals surface area contributed by atoms with E-state index in [4.69, 9.17) is 24.2 Å². The number of benzene rings is 1. The minimum Gasteiger partial charge on any atom is -0.378 e. The highest BCUT2D eigenvalue weighted by Gasteiger charge is 2.30. The first kappa shape index (κ1) is 16.5. The van der Waals surface area contributed by atoms with Crippen molar-refractivity contribution in [2.75, 3.05) is 56.3 Å². The fraction of sp³-hybridized carbons (Fsp3) is 0.556. The van der Waals surface area contributed by atoms with Crippen molar-refractivity contribution in [3.63, 3.8) is 0 Å². The molecule has 0 radical (unpaired) electrons. The maximum atomic E-state index is 5.67. The molecule has 1 aromatic heterocycles. The van der Waals surface area contributed by atoms with Gasteiger partial charge >= 0.3 is 0 Å². The Morgan fingerprint density at radius 3 is 2.44 bits per heavy atom. The average Bonchev–Trinajstić information content (AvgIpc) is 3.08. The molecule has 3 heterocycles. The minimum atomic E-state index is -0.504. The van der Waals surface area contributed by atoms with E-state index >= 15 is 0 Å². The number of nitrogens with zero attached hydrogens (tertiary/aromatic N) is 3. The molecule has 2 aliphatic rings. The summed E-state index contributed by atoms with van der Waals surface area (Å²) in [6.45, 7) is 7.09. The van der Waals surface area contributed by atoms with Gasteiger partial charge in [0.15, 0.2) is 17.4 Å². The zero-order valence-corrected chi connectivity index (χ0v) is 14.5. The van der Waals surface area contributed by atoms with Crippen molar-refractivity contribution in [2.45, 2.75) is 19.1 Å². The molecule has 2 fully saturated rings. The van der Waals surface area contributed by atoms with E-state index in [0.717, 1.165) is 42.2 Å². The lowest BCUT2D eigenvalue weighted by Crippen LogP contribution is -2.37. The molecule has 0 aliphatic carbocycles. The fourth-order valence-corrected chi connectivity index (χ4v) is 3.21. The number of anilines is 2. The summed E-state index contributed by atoms with van der Waals surface area (Å²) >= 11 is 0. The van der Waals surface area contributed by atoms with Crippen LogP contribution >= 0.6 is 0 Å². The average molecular weight is 344 g/mol. The molecular formula is C18H24N4O3. The summed E-state index contributed by atoms with van der Waals surface area (Å²) in [5, 5.41) is 3.44. The highest BCUT2D eigenvalue weighted by molar-refractivity contribution is 5.80. The first-order valence-corrected chi connectivity index (χ1v) is 8.85. The monoisotopic (exact) mass is 344 g/mol. The zero-order valence-electron chi connectivity index (χ0n) is 14.5. The Morgan fingerprint density at radius 2 is 1.72 bits per heavy atom. The third-order valence-corrected chi connectivity index (χ3v) is 4.63. The second-order valence-electron chi connectivity index (χ2n) is 6.49. The number of ether oxygens (including phenoxy) is 3. The van der Waals surface area contributed by atoms with E-state index in [1.54, 1.807) is 0 Å². The molecule has 2 aliphatic heterocycles. The van der Waals surface area contributed by atoms with Gasteiger partial charge in [-0.3, -0.25) is 0 Å². The Morgan fingerprint density at radius 1 is 1.04 bits per heavy atom. The molecule has 0 spiro atoms. The van der Waals surface area contributed by atoms with E-state index in [9.17, 15) is 0 Å². The summed E-state index contributed by atoms with van der Waals surface area (Å²) in [6.07, 6.45) is 0.754. The van der Waals surface area contributed by atoms with Crippen molar-refractivity contribution in [2.24, 2.45) is 0 Å². The molecule has 0 amide bonds. The van der Waals surface area contributed by atoms with Gasteiger partial charge < -0.3 is 24.4 Å². The van der Waals surface area contributed by atoms with E-state index in [1.165, 1.54) is 0 Å².